The summed E-state index contributed by atoms with van der Waals surface area (Å²) < 4.78 is 2.06. The van der Waals surface area contributed by atoms with Crippen LogP contribution in [0.2, 0.25) is 0 Å². The highest BCUT2D eigenvalue weighted by Crippen LogP contribution is 2.34. The number of hydrogen-bond acceptors (Lipinski definition) is 4. The minimum atomic E-state index is 0.384. The number of rotatable bonds is 5. The zero-order valence-corrected chi connectivity index (χ0v) is 12.9. The van der Waals surface area contributed by atoms with E-state index in [1.54, 1.807) is 6.33 Å². The lowest BCUT2D eigenvalue weighted by Gasteiger charge is -2.40. The van der Waals surface area contributed by atoms with Crippen LogP contribution < -0.4 is 5.32 Å². The Bertz CT molecular complexity index is 437. The summed E-state index contributed by atoms with van der Waals surface area (Å²) in [5.74, 6) is 2.02. The molecule has 112 valence electrons. The normalized spacial score (nSPS) is 28.2. The molecule has 0 spiro atoms. The van der Waals surface area contributed by atoms with E-state index in [9.17, 15) is 0 Å². The van der Waals surface area contributed by atoms with Crippen LogP contribution >= 0.6 is 0 Å². The average molecular weight is 277 g/mol. The third-order valence-electron chi connectivity index (χ3n) is 4.71. The molecular formula is C15H27N5. The molecule has 1 aliphatic carbocycles. The standard InChI is InChI=1S/C15H27N5/c1-4-13-7-16-14(12-5-6-12)8-19(13)9-15-17-10-18-20(15)11(2)3/h10-14,16H,4-9H2,1-3H3. The Morgan fingerprint density at radius 2 is 2.20 bits per heavy atom. The zero-order chi connectivity index (χ0) is 14.1. The van der Waals surface area contributed by atoms with Crippen LogP contribution in [0.15, 0.2) is 6.33 Å². The van der Waals surface area contributed by atoms with Gasteiger partial charge in [0.2, 0.25) is 0 Å². The van der Waals surface area contributed by atoms with Gasteiger partial charge < -0.3 is 5.32 Å². The quantitative estimate of drug-likeness (QED) is 0.892. The fourth-order valence-corrected chi connectivity index (χ4v) is 3.29. The van der Waals surface area contributed by atoms with Crippen molar-refractivity contribution in [3.05, 3.63) is 12.2 Å². The molecule has 1 saturated carbocycles. The predicted molar refractivity (Wildman–Crippen MR) is 79.4 cm³/mol. The van der Waals surface area contributed by atoms with Gasteiger partial charge in [-0.3, -0.25) is 4.90 Å². The van der Waals surface area contributed by atoms with Crippen LogP contribution in [0.25, 0.3) is 0 Å². The van der Waals surface area contributed by atoms with Gasteiger partial charge in [-0.15, -0.1) is 0 Å². The van der Waals surface area contributed by atoms with Gasteiger partial charge in [-0.2, -0.15) is 5.10 Å². The minimum absolute atomic E-state index is 0.384. The van der Waals surface area contributed by atoms with E-state index in [0.29, 0.717) is 18.1 Å². The van der Waals surface area contributed by atoms with E-state index < -0.39 is 0 Å². The van der Waals surface area contributed by atoms with Gasteiger partial charge in [-0.1, -0.05) is 6.92 Å². The summed E-state index contributed by atoms with van der Waals surface area (Å²) in [6.45, 7) is 9.83. The van der Waals surface area contributed by atoms with E-state index in [4.69, 9.17) is 0 Å². The van der Waals surface area contributed by atoms with E-state index in [-0.39, 0.29) is 0 Å². The van der Waals surface area contributed by atoms with E-state index in [1.807, 2.05) is 0 Å². The van der Waals surface area contributed by atoms with Crippen LogP contribution in [-0.2, 0) is 6.54 Å². The molecule has 0 radical (unpaired) electrons. The Balaban J connectivity index is 1.70. The number of aromatic nitrogens is 3. The molecule has 2 unspecified atom stereocenters. The molecule has 3 rings (SSSR count). The fraction of sp³-hybridized carbons (Fsp3) is 0.867. The van der Waals surface area contributed by atoms with E-state index in [1.165, 1.54) is 19.3 Å². The third-order valence-corrected chi connectivity index (χ3v) is 4.71. The third kappa shape index (κ3) is 2.88. The number of piperazine rings is 1. The molecule has 2 fully saturated rings. The first kappa shape index (κ1) is 14.0. The van der Waals surface area contributed by atoms with Crippen molar-refractivity contribution in [2.24, 2.45) is 5.92 Å². The molecule has 5 nitrogen and oxygen atoms in total. The highest BCUT2D eigenvalue weighted by atomic mass is 15.4. The Labute approximate surface area is 121 Å². The van der Waals surface area contributed by atoms with Crippen LogP contribution in [0.4, 0.5) is 0 Å². The van der Waals surface area contributed by atoms with Crippen molar-refractivity contribution in [2.45, 2.75) is 64.7 Å². The maximum Gasteiger partial charge on any atom is 0.141 e. The first-order chi connectivity index (χ1) is 9.69. The SMILES string of the molecule is CCC1CNC(C2CC2)CN1Cc1ncnn1C(C)C. The molecule has 0 aromatic carbocycles. The molecule has 0 amide bonds. The number of hydrogen-bond donors (Lipinski definition) is 1. The van der Waals surface area contributed by atoms with Crippen molar-refractivity contribution in [2.75, 3.05) is 13.1 Å². The Morgan fingerprint density at radius 3 is 2.85 bits per heavy atom. The molecule has 1 N–H and O–H groups in total. The van der Waals surface area contributed by atoms with Crippen LogP contribution in [0, 0.1) is 5.92 Å². The molecule has 1 saturated heterocycles. The van der Waals surface area contributed by atoms with Gasteiger partial charge in [-0.05, 0) is 39.0 Å². The molecule has 2 atom stereocenters. The van der Waals surface area contributed by atoms with E-state index in [0.717, 1.165) is 31.4 Å². The zero-order valence-electron chi connectivity index (χ0n) is 12.9. The van der Waals surface area contributed by atoms with E-state index >= 15 is 0 Å². The van der Waals surface area contributed by atoms with Gasteiger partial charge in [0.05, 0.1) is 6.54 Å². The second-order valence-corrected chi connectivity index (χ2v) is 6.56. The molecular weight excluding hydrogens is 250 g/mol. The molecule has 2 heterocycles. The number of nitrogens with zero attached hydrogens (tertiary/aromatic N) is 4. The topological polar surface area (TPSA) is 46.0 Å². The Kier molecular flexibility index (Phi) is 4.08. The Morgan fingerprint density at radius 1 is 1.40 bits per heavy atom. The summed E-state index contributed by atoms with van der Waals surface area (Å²) >= 11 is 0. The van der Waals surface area contributed by atoms with Crippen LogP contribution in [0.5, 0.6) is 0 Å². The summed E-state index contributed by atoms with van der Waals surface area (Å²) in [6.07, 6.45) is 5.70. The maximum absolute atomic E-state index is 4.48. The lowest BCUT2D eigenvalue weighted by Crippen LogP contribution is -2.56. The highest BCUT2D eigenvalue weighted by Gasteiger charge is 2.37. The molecule has 0 bridgehead atoms. The largest absolute Gasteiger partial charge is 0.311 e. The average Bonchev–Trinajstić information content (AvgIpc) is 3.18. The minimum Gasteiger partial charge on any atom is -0.311 e. The second-order valence-electron chi connectivity index (χ2n) is 6.56. The van der Waals surface area contributed by atoms with Gasteiger partial charge >= 0.3 is 0 Å². The van der Waals surface area contributed by atoms with Gasteiger partial charge in [0.1, 0.15) is 12.2 Å². The van der Waals surface area contributed by atoms with Gasteiger partial charge in [0.25, 0.3) is 0 Å². The van der Waals surface area contributed by atoms with Gasteiger partial charge in [0.15, 0.2) is 0 Å². The van der Waals surface area contributed by atoms with Crippen molar-refractivity contribution in [3.63, 3.8) is 0 Å². The fourth-order valence-electron chi connectivity index (χ4n) is 3.29. The summed E-state index contributed by atoms with van der Waals surface area (Å²) in [4.78, 5) is 7.09. The molecule has 1 aliphatic heterocycles. The van der Waals surface area contributed by atoms with Crippen LogP contribution in [0.3, 0.4) is 0 Å². The van der Waals surface area contributed by atoms with Crippen molar-refractivity contribution >= 4 is 0 Å². The molecule has 1 aromatic rings. The molecule has 5 heteroatoms. The van der Waals surface area contributed by atoms with Crippen molar-refractivity contribution in [3.8, 4) is 0 Å². The second kappa shape index (κ2) is 5.82. The van der Waals surface area contributed by atoms with Gasteiger partial charge in [-0.25, -0.2) is 9.67 Å². The first-order valence-corrected chi connectivity index (χ1v) is 8.04. The van der Waals surface area contributed by atoms with Crippen molar-refractivity contribution < 1.29 is 0 Å². The monoisotopic (exact) mass is 277 g/mol. The summed E-state index contributed by atoms with van der Waals surface area (Å²) in [6, 6.07) is 1.70. The summed E-state index contributed by atoms with van der Waals surface area (Å²) in [7, 11) is 0. The van der Waals surface area contributed by atoms with Crippen LogP contribution in [-0.4, -0.2) is 44.8 Å². The van der Waals surface area contributed by atoms with E-state index in [2.05, 4.69) is 45.8 Å². The lowest BCUT2D eigenvalue weighted by atomic mass is 10.0. The highest BCUT2D eigenvalue weighted by molar-refractivity contribution is 4.96. The molecule has 2 aliphatic rings. The van der Waals surface area contributed by atoms with Crippen molar-refractivity contribution in [1.29, 1.82) is 0 Å². The van der Waals surface area contributed by atoms with Gasteiger partial charge in [0, 0.05) is 31.2 Å². The summed E-state index contributed by atoms with van der Waals surface area (Å²) in [5.41, 5.74) is 0. The Hall–Kier alpha value is -0.940. The molecule has 20 heavy (non-hydrogen) atoms. The van der Waals surface area contributed by atoms with Crippen molar-refractivity contribution in [1.82, 2.24) is 25.0 Å². The maximum atomic E-state index is 4.48. The van der Waals surface area contributed by atoms with Crippen LogP contribution in [0.1, 0.15) is 51.9 Å². The molecule has 1 aromatic heterocycles. The number of nitrogens with one attached hydrogen (secondary N) is 1. The lowest BCUT2D eigenvalue weighted by molar-refractivity contribution is 0.106. The smallest absolute Gasteiger partial charge is 0.141 e. The first-order valence-electron chi connectivity index (χ1n) is 8.04. The summed E-state index contributed by atoms with van der Waals surface area (Å²) in [5, 5.41) is 8.11. The predicted octanol–water partition coefficient (Wildman–Crippen LogP) is 1.82.